The first-order valence-corrected chi connectivity index (χ1v) is 8.52. The molecular weight excluding hydrogens is 306 g/mol. The monoisotopic (exact) mass is 331 g/mol. The molecule has 1 unspecified atom stereocenters. The molecule has 2 atom stereocenters. The second-order valence-corrected chi connectivity index (χ2v) is 6.66. The van der Waals surface area contributed by atoms with Crippen LogP contribution < -0.4 is 0 Å². The van der Waals surface area contributed by atoms with Crippen molar-refractivity contribution >= 4 is 0 Å². The molecule has 1 aromatic heterocycles. The van der Waals surface area contributed by atoms with Gasteiger partial charge in [0.25, 0.3) is 0 Å². The Hall–Kier alpha value is -1.76. The molecule has 2 aromatic rings. The third-order valence-electron chi connectivity index (χ3n) is 4.86. The molecule has 1 aromatic carbocycles. The Kier molecular flexibility index (Phi) is 5.28. The molecule has 24 heavy (non-hydrogen) atoms. The van der Waals surface area contributed by atoms with Crippen LogP contribution in [0.4, 0.5) is 0 Å². The number of nitrogens with zero attached hydrogens (tertiary/aromatic N) is 3. The van der Waals surface area contributed by atoms with Crippen molar-refractivity contribution in [2.24, 2.45) is 5.41 Å². The maximum Gasteiger partial charge on any atom is 0.240 e. The fraction of sp³-hybridized carbons (Fsp3) is 0.556. The summed E-state index contributed by atoms with van der Waals surface area (Å²) < 4.78 is 5.28. The second kappa shape index (κ2) is 7.42. The van der Waals surface area contributed by atoms with E-state index in [0.29, 0.717) is 37.6 Å². The standard InChI is InChI=1S/C18H25N3O3/c1-2-16-19-17(24-20-16)11-21-9-8-15(23)18(12-21,13-22)10-14-6-4-3-5-7-14/h3-7,15,22-23H,2,8-13H2,1H3/t15?,18-/m1/s1. The van der Waals surface area contributed by atoms with Gasteiger partial charge in [-0.2, -0.15) is 4.98 Å². The average molecular weight is 331 g/mol. The first-order chi connectivity index (χ1) is 11.6. The second-order valence-electron chi connectivity index (χ2n) is 6.66. The maximum absolute atomic E-state index is 10.6. The quantitative estimate of drug-likeness (QED) is 0.833. The summed E-state index contributed by atoms with van der Waals surface area (Å²) in [5.41, 5.74) is 0.561. The van der Waals surface area contributed by atoms with E-state index < -0.39 is 11.5 Å². The number of hydrogen-bond acceptors (Lipinski definition) is 6. The van der Waals surface area contributed by atoms with E-state index in [9.17, 15) is 10.2 Å². The van der Waals surface area contributed by atoms with Crippen molar-refractivity contribution in [2.75, 3.05) is 19.7 Å². The van der Waals surface area contributed by atoms with Crippen molar-refractivity contribution < 1.29 is 14.7 Å². The highest BCUT2D eigenvalue weighted by Gasteiger charge is 2.42. The van der Waals surface area contributed by atoms with E-state index in [4.69, 9.17) is 4.52 Å². The average Bonchev–Trinajstić information content (AvgIpc) is 3.06. The molecule has 1 saturated heterocycles. The molecule has 1 aliphatic heterocycles. The van der Waals surface area contributed by atoms with Crippen molar-refractivity contribution in [2.45, 2.75) is 38.8 Å². The number of rotatable bonds is 6. The summed E-state index contributed by atoms with van der Waals surface area (Å²) in [7, 11) is 0. The number of aromatic nitrogens is 2. The van der Waals surface area contributed by atoms with Crippen molar-refractivity contribution in [3.8, 4) is 0 Å². The number of aliphatic hydroxyl groups excluding tert-OH is 2. The van der Waals surface area contributed by atoms with Crippen molar-refractivity contribution in [3.63, 3.8) is 0 Å². The van der Waals surface area contributed by atoms with Gasteiger partial charge in [-0.25, -0.2) is 0 Å². The van der Waals surface area contributed by atoms with Gasteiger partial charge in [0.15, 0.2) is 5.82 Å². The lowest BCUT2D eigenvalue weighted by Gasteiger charge is -2.45. The number of aryl methyl sites for hydroxylation is 1. The zero-order valence-electron chi connectivity index (χ0n) is 14.1. The summed E-state index contributed by atoms with van der Waals surface area (Å²) in [4.78, 5) is 6.53. The van der Waals surface area contributed by atoms with E-state index in [0.717, 1.165) is 18.5 Å². The van der Waals surface area contributed by atoms with Crippen LogP contribution in [0.1, 0.15) is 30.6 Å². The van der Waals surface area contributed by atoms with Crippen molar-refractivity contribution in [3.05, 3.63) is 47.6 Å². The SMILES string of the molecule is CCc1noc(CN2CCC(O)[C@](CO)(Cc3ccccc3)C2)n1. The minimum absolute atomic E-state index is 0.0520. The van der Waals surface area contributed by atoms with Gasteiger partial charge >= 0.3 is 0 Å². The molecule has 2 N–H and O–H groups in total. The van der Waals surface area contributed by atoms with E-state index in [-0.39, 0.29) is 6.61 Å². The smallest absolute Gasteiger partial charge is 0.240 e. The molecule has 2 heterocycles. The van der Waals surface area contributed by atoms with Crippen LogP contribution >= 0.6 is 0 Å². The maximum atomic E-state index is 10.6. The Morgan fingerprint density at radius 2 is 2.12 bits per heavy atom. The zero-order chi connectivity index (χ0) is 17.0. The molecule has 3 rings (SSSR count). The van der Waals surface area contributed by atoms with Crippen LogP contribution in [0.15, 0.2) is 34.9 Å². The molecule has 0 aliphatic carbocycles. The van der Waals surface area contributed by atoms with Gasteiger partial charge in [-0.15, -0.1) is 0 Å². The van der Waals surface area contributed by atoms with Gasteiger partial charge in [-0.05, 0) is 18.4 Å². The summed E-state index contributed by atoms with van der Waals surface area (Å²) in [6.45, 7) is 3.84. The summed E-state index contributed by atoms with van der Waals surface area (Å²) >= 11 is 0. The zero-order valence-corrected chi connectivity index (χ0v) is 14.1. The number of hydrogen-bond donors (Lipinski definition) is 2. The van der Waals surface area contributed by atoms with Crippen LogP contribution in [0.5, 0.6) is 0 Å². The van der Waals surface area contributed by atoms with E-state index in [1.807, 2.05) is 37.3 Å². The van der Waals surface area contributed by atoms with E-state index in [1.54, 1.807) is 0 Å². The Morgan fingerprint density at radius 1 is 1.33 bits per heavy atom. The van der Waals surface area contributed by atoms with Crippen LogP contribution in [0.3, 0.4) is 0 Å². The fourth-order valence-corrected chi connectivity index (χ4v) is 3.45. The van der Waals surface area contributed by atoms with E-state index in [1.165, 1.54) is 0 Å². The Labute approximate surface area is 142 Å². The third-order valence-corrected chi connectivity index (χ3v) is 4.86. The lowest BCUT2D eigenvalue weighted by Crippen LogP contribution is -2.54. The highest BCUT2D eigenvalue weighted by Crippen LogP contribution is 2.34. The van der Waals surface area contributed by atoms with Gasteiger partial charge in [0.1, 0.15) is 0 Å². The molecule has 0 bridgehead atoms. The molecule has 130 valence electrons. The summed E-state index contributed by atoms with van der Waals surface area (Å²) in [5.74, 6) is 1.30. The summed E-state index contributed by atoms with van der Waals surface area (Å²) in [6.07, 6.45) is 1.50. The first kappa shape index (κ1) is 17.1. The van der Waals surface area contributed by atoms with Crippen molar-refractivity contribution in [1.29, 1.82) is 0 Å². The number of aliphatic hydroxyl groups is 2. The number of likely N-dealkylation sites (tertiary alicyclic amines) is 1. The molecule has 0 saturated carbocycles. The minimum Gasteiger partial charge on any atom is -0.396 e. The lowest BCUT2D eigenvalue weighted by molar-refractivity contribution is -0.0784. The molecule has 1 fully saturated rings. The molecule has 0 radical (unpaired) electrons. The van der Waals surface area contributed by atoms with Crippen LogP contribution in [0, 0.1) is 5.41 Å². The van der Waals surface area contributed by atoms with Gasteiger partial charge in [-0.3, -0.25) is 4.90 Å². The van der Waals surface area contributed by atoms with E-state index in [2.05, 4.69) is 15.0 Å². The summed E-state index contributed by atoms with van der Waals surface area (Å²) in [6, 6.07) is 10.0. The van der Waals surface area contributed by atoms with Gasteiger partial charge in [0.2, 0.25) is 5.89 Å². The van der Waals surface area contributed by atoms with Crippen LogP contribution in [-0.2, 0) is 19.4 Å². The van der Waals surface area contributed by atoms with Gasteiger partial charge in [-0.1, -0.05) is 42.4 Å². The molecular formula is C18H25N3O3. The van der Waals surface area contributed by atoms with E-state index >= 15 is 0 Å². The predicted molar refractivity (Wildman–Crippen MR) is 89.2 cm³/mol. The first-order valence-electron chi connectivity index (χ1n) is 8.52. The molecule has 0 amide bonds. The van der Waals surface area contributed by atoms with Crippen molar-refractivity contribution in [1.82, 2.24) is 15.0 Å². The van der Waals surface area contributed by atoms with Gasteiger partial charge < -0.3 is 14.7 Å². The highest BCUT2D eigenvalue weighted by molar-refractivity contribution is 5.18. The predicted octanol–water partition coefficient (Wildman–Crippen LogP) is 1.42. The van der Waals surface area contributed by atoms with Gasteiger partial charge in [0, 0.05) is 24.9 Å². The Morgan fingerprint density at radius 3 is 2.79 bits per heavy atom. The van der Waals surface area contributed by atoms with Crippen LogP contribution in [0.25, 0.3) is 0 Å². The lowest BCUT2D eigenvalue weighted by atomic mass is 9.73. The normalized spacial score (nSPS) is 25.0. The minimum atomic E-state index is -0.562. The largest absolute Gasteiger partial charge is 0.396 e. The molecule has 6 heteroatoms. The number of piperidine rings is 1. The number of benzene rings is 1. The Balaban J connectivity index is 1.73. The van der Waals surface area contributed by atoms with Crippen LogP contribution in [-0.4, -0.2) is 51.1 Å². The van der Waals surface area contributed by atoms with Gasteiger partial charge in [0.05, 0.1) is 19.3 Å². The Bertz CT molecular complexity index is 646. The highest BCUT2D eigenvalue weighted by atomic mass is 16.5. The molecule has 6 nitrogen and oxygen atoms in total. The fourth-order valence-electron chi connectivity index (χ4n) is 3.45. The topological polar surface area (TPSA) is 82.6 Å². The summed E-state index contributed by atoms with van der Waals surface area (Å²) in [5, 5.41) is 24.6. The third kappa shape index (κ3) is 3.66. The van der Waals surface area contributed by atoms with Crippen LogP contribution in [0.2, 0.25) is 0 Å². The molecule has 1 aliphatic rings. The molecule has 0 spiro atoms.